The van der Waals surface area contributed by atoms with Crippen molar-refractivity contribution in [3.05, 3.63) is 76.6 Å². The van der Waals surface area contributed by atoms with Crippen molar-refractivity contribution in [3.8, 4) is 11.4 Å². The number of ether oxygens (including phenoxy) is 1. The largest absolute Gasteiger partial charge is 0.496 e. The summed E-state index contributed by atoms with van der Waals surface area (Å²) in [5, 5.41) is 8.02. The fourth-order valence-corrected chi connectivity index (χ4v) is 3.21. The molecular weight excluding hydrogens is 362 g/mol. The molecule has 0 spiro atoms. The predicted octanol–water partition coefficient (Wildman–Crippen LogP) is 4.59. The Hall–Kier alpha value is -2.79. The van der Waals surface area contributed by atoms with Crippen molar-refractivity contribution in [2.75, 3.05) is 7.11 Å². The van der Waals surface area contributed by atoms with Crippen molar-refractivity contribution in [1.29, 1.82) is 0 Å². The first-order valence-electron chi connectivity index (χ1n) is 8.75. The van der Waals surface area contributed by atoms with Crippen LogP contribution in [0.1, 0.15) is 41.4 Å². The Bertz CT molecular complexity index is 950. The molecule has 1 N–H and O–H groups in total. The van der Waals surface area contributed by atoms with E-state index in [0.29, 0.717) is 17.1 Å². The molecule has 0 radical (unpaired) electrons. The number of halogens is 1. The van der Waals surface area contributed by atoms with Gasteiger partial charge in [-0.25, -0.2) is 4.68 Å². The van der Waals surface area contributed by atoms with Gasteiger partial charge in [0.25, 0.3) is 5.91 Å². The van der Waals surface area contributed by atoms with E-state index in [1.54, 1.807) is 18.0 Å². The van der Waals surface area contributed by atoms with Gasteiger partial charge in [0.1, 0.15) is 5.75 Å². The van der Waals surface area contributed by atoms with E-state index >= 15 is 0 Å². The number of amides is 1. The van der Waals surface area contributed by atoms with E-state index < -0.39 is 0 Å². The summed E-state index contributed by atoms with van der Waals surface area (Å²) < 4.78 is 7.11. The highest BCUT2D eigenvalue weighted by Gasteiger charge is 2.21. The summed E-state index contributed by atoms with van der Waals surface area (Å²) in [6, 6.07) is 15.0. The van der Waals surface area contributed by atoms with Gasteiger partial charge in [0.15, 0.2) is 0 Å². The standard InChI is InChI=1S/C21H22ClN3O2/c1-14(2)20-18(13-24-25(20)17-9-6-8-16(22)11-17)21(26)23-12-15-7-4-5-10-19(15)27-3/h4-11,13-14H,12H2,1-3H3,(H,23,26). The summed E-state index contributed by atoms with van der Waals surface area (Å²) in [4.78, 5) is 12.8. The molecule has 5 nitrogen and oxygen atoms in total. The van der Waals surface area contributed by atoms with E-state index in [0.717, 1.165) is 22.7 Å². The average Bonchev–Trinajstić information content (AvgIpc) is 3.12. The molecule has 1 heterocycles. The van der Waals surface area contributed by atoms with Gasteiger partial charge in [0, 0.05) is 17.1 Å². The third-order valence-corrected chi connectivity index (χ3v) is 4.52. The second-order valence-electron chi connectivity index (χ2n) is 6.48. The zero-order valence-electron chi connectivity index (χ0n) is 15.6. The third-order valence-electron chi connectivity index (χ3n) is 4.28. The minimum atomic E-state index is -0.169. The van der Waals surface area contributed by atoms with Gasteiger partial charge in [-0.3, -0.25) is 4.79 Å². The minimum absolute atomic E-state index is 0.110. The van der Waals surface area contributed by atoms with Crippen LogP contribution in [0.15, 0.2) is 54.7 Å². The maximum absolute atomic E-state index is 12.8. The van der Waals surface area contributed by atoms with Crippen LogP contribution in [0, 0.1) is 0 Å². The van der Waals surface area contributed by atoms with Gasteiger partial charge in [-0.1, -0.05) is 49.7 Å². The lowest BCUT2D eigenvalue weighted by atomic mass is 10.0. The Morgan fingerprint density at radius 3 is 2.70 bits per heavy atom. The molecule has 0 saturated carbocycles. The second kappa shape index (κ2) is 8.27. The number of nitrogens with zero attached hydrogens (tertiary/aromatic N) is 2. The number of benzene rings is 2. The highest BCUT2D eigenvalue weighted by atomic mass is 35.5. The molecule has 0 saturated heterocycles. The van der Waals surface area contributed by atoms with Crippen molar-refractivity contribution in [2.45, 2.75) is 26.3 Å². The van der Waals surface area contributed by atoms with Crippen LogP contribution in [0.2, 0.25) is 5.02 Å². The van der Waals surface area contributed by atoms with Gasteiger partial charge in [0.05, 0.1) is 30.3 Å². The van der Waals surface area contributed by atoms with E-state index in [2.05, 4.69) is 10.4 Å². The smallest absolute Gasteiger partial charge is 0.255 e. The van der Waals surface area contributed by atoms with E-state index in [4.69, 9.17) is 16.3 Å². The maximum Gasteiger partial charge on any atom is 0.255 e. The van der Waals surface area contributed by atoms with Crippen LogP contribution in [0.3, 0.4) is 0 Å². The monoisotopic (exact) mass is 383 g/mol. The highest BCUT2D eigenvalue weighted by molar-refractivity contribution is 6.30. The molecule has 0 fully saturated rings. The molecule has 27 heavy (non-hydrogen) atoms. The van der Waals surface area contributed by atoms with Crippen LogP contribution < -0.4 is 10.1 Å². The summed E-state index contributed by atoms with van der Waals surface area (Å²) in [7, 11) is 1.62. The molecule has 0 aliphatic heterocycles. The van der Waals surface area contributed by atoms with Gasteiger partial charge in [-0.05, 0) is 30.2 Å². The third kappa shape index (κ3) is 4.14. The van der Waals surface area contributed by atoms with Crippen LogP contribution in [0.5, 0.6) is 5.75 Å². The Kier molecular flexibility index (Phi) is 5.81. The van der Waals surface area contributed by atoms with Gasteiger partial charge in [-0.2, -0.15) is 5.10 Å². The number of methoxy groups -OCH3 is 1. The van der Waals surface area contributed by atoms with E-state index in [-0.39, 0.29) is 11.8 Å². The molecule has 2 aromatic carbocycles. The topological polar surface area (TPSA) is 56.1 Å². The molecule has 0 aliphatic carbocycles. The summed E-state index contributed by atoms with van der Waals surface area (Å²) >= 11 is 6.11. The molecule has 0 aliphatic rings. The number of carbonyl (C=O) groups is 1. The summed E-state index contributed by atoms with van der Waals surface area (Å²) in [5.74, 6) is 0.688. The number of rotatable bonds is 6. The van der Waals surface area contributed by atoms with Crippen LogP contribution in [-0.2, 0) is 6.54 Å². The Morgan fingerprint density at radius 1 is 1.22 bits per heavy atom. The second-order valence-corrected chi connectivity index (χ2v) is 6.92. The van der Waals surface area contributed by atoms with E-state index in [9.17, 15) is 4.79 Å². The highest BCUT2D eigenvalue weighted by Crippen LogP contribution is 2.25. The summed E-state index contributed by atoms with van der Waals surface area (Å²) in [6.45, 7) is 4.45. The molecular formula is C21H22ClN3O2. The number of para-hydroxylation sites is 1. The fraction of sp³-hybridized carbons (Fsp3) is 0.238. The number of hydrogen-bond acceptors (Lipinski definition) is 3. The molecule has 0 unspecified atom stereocenters. The van der Waals surface area contributed by atoms with Crippen LogP contribution >= 0.6 is 11.6 Å². The molecule has 0 atom stereocenters. The zero-order valence-corrected chi connectivity index (χ0v) is 16.3. The lowest BCUT2D eigenvalue weighted by molar-refractivity contribution is 0.0949. The van der Waals surface area contributed by atoms with E-state index in [1.165, 1.54) is 0 Å². The quantitative estimate of drug-likeness (QED) is 0.677. The van der Waals surface area contributed by atoms with Crippen molar-refractivity contribution in [1.82, 2.24) is 15.1 Å². The van der Waals surface area contributed by atoms with Crippen molar-refractivity contribution in [2.24, 2.45) is 0 Å². The maximum atomic E-state index is 12.8. The summed E-state index contributed by atoms with van der Waals surface area (Å²) in [6.07, 6.45) is 1.60. The van der Waals surface area contributed by atoms with Crippen molar-refractivity contribution in [3.63, 3.8) is 0 Å². The predicted molar refractivity (Wildman–Crippen MR) is 107 cm³/mol. The minimum Gasteiger partial charge on any atom is -0.496 e. The molecule has 1 amide bonds. The number of hydrogen-bond donors (Lipinski definition) is 1. The lowest BCUT2D eigenvalue weighted by Gasteiger charge is -2.14. The van der Waals surface area contributed by atoms with Gasteiger partial charge in [0.2, 0.25) is 0 Å². The first-order valence-corrected chi connectivity index (χ1v) is 9.13. The summed E-state index contributed by atoms with van der Waals surface area (Å²) in [5.41, 5.74) is 3.14. The SMILES string of the molecule is COc1ccccc1CNC(=O)c1cnn(-c2cccc(Cl)c2)c1C(C)C. The van der Waals surface area contributed by atoms with Crippen LogP contribution in [0.25, 0.3) is 5.69 Å². The average molecular weight is 384 g/mol. The Labute approximate surface area is 163 Å². The first kappa shape index (κ1) is 19.0. The van der Waals surface area contributed by atoms with Crippen LogP contribution in [0.4, 0.5) is 0 Å². The van der Waals surface area contributed by atoms with Gasteiger partial charge in [-0.15, -0.1) is 0 Å². The van der Waals surface area contributed by atoms with Gasteiger partial charge < -0.3 is 10.1 Å². The number of aromatic nitrogens is 2. The molecule has 3 rings (SSSR count). The Morgan fingerprint density at radius 2 is 2.00 bits per heavy atom. The zero-order chi connectivity index (χ0) is 19.4. The molecule has 140 valence electrons. The molecule has 1 aromatic heterocycles. The molecule has 6 heteroatoms. The van der Waals surface area contributed by atoms with Crippen LogP contribution in [-0.4, -0.2) is 22.8 Å². The first-order chi connectivity index (χ1) is 13.0. The van der Waals surface area contributed by atoms with E-state index in [1.807, 2.05) is 62.4 Å². The molecule has 3 aromatic rings. The van der Waals surface area contributed by atoms with Crippen molar-refractivity contribution >= 4 is 17.5 Å². The number of nitrogens with one attached hydrogen (secondary N) is 1. The molecule has 0 bridgehead atoms. The number of carbonyl (C=O) groups excluding carboxylic acids is 1. The lowest BCUT2D eigenvalue weighted by Crippen LogP contribution is -2.24. The fourth-order valence-electron chi connectivity index (χ4n) is 3.02. The van der Waals surface area contributed by atoms with Crippen molar-refractivity contribution < 1.29 is 9.53 Å². The van der Waals surface area contributed by atoms with Gasteiger partial charge >= 0.3 is 0 Å². The normalized spacial score (nSPS) is 10.9. The Balaban J connectivity index is 1.87.